The molecule has 2 heterocycles. The van der Waals surface area contributed by atoms with Crippen LogP contribution in [0.2, 0.25) is 0 Å². The molecule has 1 aliphatic heterocycles. The van der Waals surface area contributed by atoms with Gasteiger partial charge in [0.1, 0.15) is 22.7 Å². The summed E-state index contributed by atoms with van der Waals surface area (Å²) in [6, 6.07) is 12.4. The molecular weight excluding hydrogens is 628 g/mol. The number of pyridine rings is 1. The second-order valence-corrected chi connectivity index (χ2v) is 14.0. The lowest BCUT2D eigenvalue weighted by atomic mass is 9.85. The van der Waals surface area contributed by atoms with Gasteiger partial charge in [0, 0.05) is 44.0 Å². The third kappa shape index (κ3) is 10.4. The Hall–Kier alpha value is -4.68. The predicted molar refractivity (Wildman–Crippen MR) is 185 cm³/mol. The van der Waals surface area contributed by atoms with Gasteiger partial charge in [0.25, 0.3) is 5.91 Å². The molecule has 0 spiro atoms. The molecule has 12 nitrogen and oxygen atoms in total. The second-order valence-electron chi connectivity index (χ2n) is 14.0. The number of esters is 1. The first-order valence-electron chi connectivity index (χ1n) is 16.3. The molecule has 0 atom stereocenters. The average Bonchev–Trinajstić information content (AvgIpc) is 3.24. The van der Waals surface area contributed by atoms with Crippen molar-refractivity contribution in [2.24, 2.45) is 0 Å². The fraction of sp³-hybridized carbons (Fsp3) is 0.459. The highest BCUT2D eigenvalue weighted by Gasteiger charge is 2.26. The highest BCUT2D eigenvalue weighted by atomic mass is 16.8. The highest BCUT2D eigenvalue weighted by molar-refractivity contribution is 6.07. The van der Waals surface area contributed by atoms with E-state index in [1.165, 1.54) is 14.2 Å². The third-order valence-electron chi connectivity index (χ3n) is 7.81. The van der Waals surface area contributed by atoms with E-state index in [9.17, 15) is 14.4 Å². The first kappa shape index (κ1) is 37.1. The average molecular weight is 677 g/mol. The van der Waals surface area contributed by atoms with E-state index in [1.54, 1.807) is 56.3 Å². The standard InChI is InChI=1S/C37H48N4O8/c1-24-11-12-25(33(42)39-30-21-26(36(2,3)4)20-29(32(30)45-8)34(43)46-9)19-31(24)47-28-13-14-38-27(22-28)23-40-15-10-16-41(18-17-40)49-35(44)48-37(5,6)7/h11-14,19-22H,10,15-18,23H2,1-9H3,(H,39,42). The summed E-state index contributed by atoms with van der Waals surface area (Å²) >= 11 is 0. The fourth-order valence-corrected chi connectivity index (χ4v) is 5.21. The summed E-state index contributed by atoms with van der Waals surface area (Å²) in [5.74, 6) is 0.351. The summed E-state index contributed by atoms with van der Waals surface area (Å²) in [4.78, 5) is 50.5. The summed E-state index contributed by atoms with van der Waals surface area (Å²) in [6.07, 6.45) is 1.80. The molecule has 2 aromatic carbocycles. The van der Waals surface area contributed by atoms with Crippen LogP contribution in [0.4, 0.5) is 10.5 Å². The molecule has 1 fully saturated rings. The van der Waals surface area contributed by atoms with Crippen molar-refractivity contribution in [3.05, 3.63) is 76.6 Å². The number of amides is 1. The van der Waals surface area contributed by atoms with Crippen LogP contribution in [0, 0.1) is 6.92 Å². The molecule has 3 aromatic rings. The van der Waals surface area contributed by atoms with Crippen molar-refractivity contribution in [3.63, 3.8) is 0 Å². The zero-order valence-corrected chi connectivity index (χ0v) is 30.0. The number of hydroxylamine groups is 2. The number of methoxy groups -OCH3 is 2. The van der Waals surface area contributed by atoms with Crippen molar-refractivity contribution >= 4 is 23.7 Å². The van der Waals surface area contributed by atoms with Gasteiger partial charge in [-0.1, -0.05) is 26.8 Å². The van der Waals surface area contributed by atoms with Gasteiger partial charge in [-0.15, -0.1) is 5.06 Å². The molecule has 1 aliphatic rings. The first-order chi connectivity index (χ1) is 23.1. The van der Waals surface area contributed by atoms with E-state index >= 15 is 0 Å². The minimum absolute atomic E-state index is 0.216. The molecule has 0 radical (unpaired) electrons. The van der Waals surface area contributed by atoms with Crippen molar-refractivity contribution in [3.8, 4) is 17.2 Å². The Bertz CT molecular complexity index is 1660. The van der Waals surface area contributed by atoms with Crippen LogP contribution in [0.1, 0.15) is 85.5 Å². The molecular formula is C37H48N4O8. The van der Waals surface area contributed by atoms with Crippen LogP contribution in [0.3, 0.4) is 0 Å². The molecule has 0 aliphatic carbocycles. The van der Waals surface area contributed by atoms with Gasteiger partial charge in [-0.05, 0) is 87.5 Å². The lowest BCUT2D eigenvalue weighted by molar-refractivity contribution is -0.140. The Morgan fingerprint density at radius 1 is 0.918 bits per heavy atom. The smallest absolute Gasteiger partial charge is 0.494 e. The molecule has 1 N–H and O–H groups in total. The molecule has 4 rings (SSSR count). The zero-order valence-electron chi connectivity index (χ0n) is 30.0. The Morgan fingerprint density at radius 3 is 2.35 bits per heavy atom. The Morgan fingerprint density at radius 2 is 1.67 bits per heavy atom. The van der Waals surface area contributed by atoms with Crippen LogP contribution in [-0.4, -0.2) is 79.0 Å². The van der Waals surface area contributed by atoms with Gasteiger partial charge in [0.2, 0.25) is 0 Å². The van der Waals surface area contributed by atoms with Crippen LogP contribution < -0.4 is 14.8 Å². The van der Waals surface area contributed by atoms with E-state index in [-0.39, 0.29) is 16.7 Å². The minimum Gasteiger partial charge on any atom is -0.494 e. The Labute approximate surface area is 288 Å². The fourth-order valence-electron chi connectivity index (χ4n) is 5.21. The van der Waals surface area contributed by atoms with E-state index in [0.29, 0.717) is 48.9 Å². The number of nitrogens with zero attached hydrogens (tertiary/aromatic N) is 3. The van der Waals surface area contributed by atoms with E-state index in [2.05, 4.69) is 15.2 Å². The SMILES string of the molecule is COC(=O)c1cc(C(C)(C)C)cc(NC(=O)c2ccc(C)c(Oc3ccnc(CN4CCCN(OC(=O)OC(C)(C)C)CC4)c3)c2)c1OC. The predicted octanol–water partition coefficient (Wildman–Crippen LogP) is 6.90. The topological polar surface area (TPSA) is 129 Å². The highest BCUT2D eigenvalue weighted by Crippen LogP contribution is 2.36. The second kappa shape index (κ2) is 15.7. The molecule has 0 saturated carbocycles. The number of anilines is 1. The maximum Gasteiger partial charge on any atom is 0.528 e. The molecule has 1 saturated heterocycles. The minimum atomic E-state index is -0.702. The van der Waals surface area contributed by atoms with Crippen LogP contribution >= 0.6 is 0 Å². The third-order valence-corrected chi connectivity index (χ3v) is 7.81. The number of nitrogens with one attached hydrogen (secondary N) is 1. The van der Waals surface area contributed by atoms with Gasteiger partial charge in [0.15, 0.2) is 5.75 Å². The van der Waals surface area contributed by atoms with Crippen LogP contribution in [0.15, 0.2) is 48.7 Å². The van der Waals surface area contributed by atoms with Gasteiger partial charge in [-0.2, -0.15) is 0 Å². The molecule has 0 unspecified atom stereocenters. The van der Waals surface area contributed by atoms with E-state index in [1.807, 2.05) is 45.9 Å². The molecule has 12 heteroatoms. The van der Waals surface area contributed by atoms with Crippen molar-refractivity contribution < 1.29 is 38.2 Å². The number of carbonyl (C=O) groups is 3. The monoisotopic (exact) mass is 676 g/mol. The normalized spacial score (nSPS) is 14.4. The zero-order chi connectivity index (χ0) is 35.9. The maximum absolute atomic E-state index is 13.6. The summed E-state index contributed by atoms with van der Waals surface area (Å²) in [7, 11) is 2.74. The summed E-state index contributed by atoms with van der Waals surface area (Å²) < 4.78 is 22.1. The number of hydrogen-bond acceptors (Lipinski definition) is 11. The quantitative estimate of drug-likeness (QED) is 0.238. The van der Waals surface area contributed by atoms with Crippen LogP contribution in [-0.2, 0) is 26.3 Å². The molecule has 0 bridgehead atoms. The van der Waals surface area contributed by atoms with E-state index < -0.39 is 23.6 Å². The lowest BCUT2D eigenvalue weighted by Gasteiger charge is -2.23. The number of carbonyl (C=O) groups excluding carboxylic acids is 3. The van der Waals surface area contributed by atoms with Gasteiger partial charge < -0.3 is 29.1 Å². The number of aryl methyl sites for hydroxylation is 1. The van der Waals surface area contributed by atoms with Gasteiger partial charge >= 0.3 is 12.1 Å². The maximum atomic E-state index is 13.6. The Balaban J connectivity index is 1.46. The molecule has 49 heavy (non-hydrogen) atoms. The first-order valence-corrected chi connectivity index (χ1v) is 16.3. The van der Waals surface area contributed by atoms with Gasteiger partial charge in [-0.25, -0.2) is 9.59 Å². The van der Waals surface area contributed by atoms with Crippen LogP contribution in [0.5, 0.6) is 17.2 Å². The van der Waals surface area contributed by atoms with Crippen molar-refractivity contribution in [2.45, 2.75) is 72.4 Å². The number of benzene rings is 2. The van der Waals surface area contributed by atoms with Crippen molar-refractivity contribution in [2.75, 3.05) is 45.7 Å². The summed E-state index contributed by atoms with van der Waals surface area (Å²) in [5, 5.41) is 4.56. The van der Waals surface area contributed by atoms with E-state index in [0.717, 1.165) is 29.8 Å². The van der Waals surface area contributed by atoms with Crippen LogP contribution in [0.25, 0.3) is 0 Å². The van der Waals surface area contributed by atoms with Crippen molar-refractivity contribution in [1.29, 1.82) is 0 Å². The van der Waals surface area contributed by atoms with E-state index in [4.69, 9.17) is 23.8 Å². The summed E-state index contributed by atoms with van der Waals surface area (Å²) in [6.45, 7) is 16.6. The number of ether oxygens (including phenoxy) is 4. The van der Waals surface area contributed by atoms with Gasteiger partial charge in [-0.3, -0.25) is 14.7 Å². The molecule has 264 valence electrons. The summed E-state index contributed by atoms with van der Waals surface area (Å²) in [5.41, 5.74) is 2.50. The number of rotatable bonds is 9. The molecule has 1 amide bonds. The Kier molecular flexibility index (Phi) is 11.9. The van der Waals surface area contributed by atoms with Crippen molar-refractivity contribution in [1.82, 2.24) is 14.9 Å². The number of aromatic nitrogens is 1. The lowest BCUT2D eigenvalue weighted by Crippen LogP contribution is -2.35. The number of hydrogen-bond donors (Lipinski definition) is 1. The largest absolute Gasteiger partial charge is 0.528 e. The molecule has 1 aromatic heterocycles. The van der Waals surface area contributed by atoms with Gasteiger partial charge in [0.05, 0.1) is 25.6 Å².